The van der Waals surface area contributed by atoms with Crippen molar-refractivity contribution in [3.05, 3.63) is 82.9 Å². The van der Waals surface area contributed by atoms with Gasteiger partial charge in [0.1, 0.15) is 11.4 Å². The fraction of sp³-hybridized carbons (Fsp3) is 0.231. The summed E-state index contributed by atoms with van der Waals surface area (Å²) in [5, 5.41) is 11.6. The summed E-state index contributed by atoms with van der Waals surface area (Å²) < 4.78 is 5.26. The van der Waals surface area contributed by atoms with Crippen LogP contribution in [0.25, 0.3) is 22.0 Å². The monoisotopic (exact) mass is 397 g/mol. The Morgan fingerprint density at radius 1 is 0.833 bits per heavy atom. The Balaban J connectivity index is 1.77. The molecule has 0 N–H and O–H groups in total. The first-order valence-corrected chi connectivity index (χ1v) is 10.2. The summed E-state index contributed by atoms with van der Waals surface area (Å²) in [6, 6.07) is 21.0. The van der Waals surface area contributed by atoms with Crippen LogP contribution in [0.4, 0.5) is 5.82 Å². The zero-order valence-electron chi connectivity index (χ0n) is 18.2. The molecule has 30 heavy (non-hydrogen) atoms. The lowest BCUT2D eigenvalue weighted by Crippen LogP contribution is -2.18. The average molecular weight is 398 g/mol. The number of methoxy groups -OCH3 is 1. The molecule has 1 aromatic heterocycles. The molecule has 0 radical (unpaired) electrons. The molecule has 4 aromatic rings. The summed E-state index contributed by atoms with van der Waals surface area (Å²) in [6.45, 7) is 7.17. The lowest BCUT2D eigenvalue weighted by atomic mass is 9.94. The molecule has 0 amide bonds. The number of ether oxygens (including phenoxy) is 1. The van der Waals surface area contributed by atoms with Crippen LogP contribution < -0.4 is 9.64 Å². The van der Waals surface area contributed by atoms with Gasteiger partial charge in [-0.3, -0.25) is 0 Å². The molecule has 0 atom stereocenters. The molecule has 0 unspecified atom stereocenters. The van der Waals surface area contributed by atoms with Gasteiger partial charge in [0.15, 0.2) is 5.82 Å². The smallest absolute Gasteiger partial charge is 0.159 e. The van der Waals surface area contributed by atoms with E-state index >= 15 is 0 Å². The normalized spacial score (nSPS) is 11.0. The molecule has 4 rings (SSSR count). The van der Waals surface area contributed by atoms with E-state index in [1.807, 2.05) is 12.1 Å². The van der Waals surface area contributed by atoms with Gasteiger partial charge in [-0.1, -0.05) is 54.1 Å². The van der Waals surface area contributed by atoms with Gasteiger partial charge in [-0.25, -0.2) is 0 Å². The van der Waals surface area contributed by atoms with Gasteiger partial charge in [0.05, 0.1) is 7.11 Å². The number of anilines is 1. The summed E-state index contributed by atoms with van der Waals surface area (Å²) in [5.74, 6) is 1.74. The van der Waals surface area contributed by atoms with Gasteiger partial charge in [-0.15, -0.1) is 10.2 Å². The molecule has 4 nitrogen and oxygen atoms in total. The molecule has 0 aliphatic carbocycles. The first kappa shape index (κ1) is 19.9. The molecule has 3 aromatic carbocycles. The Morgan fingerprint density at radius 3 is 2.10 bits per heavy atom. The minimum Gasteiger partial charge on any atom is -0.497 e. The molecule has 4 heteroatoms. The molecular formula is C26H27N3O. The topological polar surface area (TPSA) is 38.2 Å². The third-order valence-electron chi connectivity index (χ3n) is 5.52. The van der Waals surface area contributed by atoms with Crippen molar-refractivity contribution in [3.8, 4) is 17.0 Å². The number of nitrogens with zero attached hydrogens (tertiary/aromatic N) is 3. The molecule has 0 bridgehead atoms. The lowest BCUT2D eigenvalue weighted by molar-refractivity contribution is 0.414. The van der Waals surface area contributed by atoms with Crippen molar-refractivity contribution in [2.75, 3.05) is 19.1 Å². The molecule has 1 heterocycles. The maximum absolute atomic E-state index is 5.26. The summed E-state index contributed by atoms with van der Waals surface area (Å²) in [7, 11) is 3.74. The van der Waals surface area contributed by atoms with Gasteiger partial charge in [-0.05, 0) is 49.6 Å². The largest absolute Gasteiger partial charge is 0.497 e. The highest BCUT2D eigenvalue weighted by atomic mass is 16.5. The van der Waals surface area contributed by atoms with Gasteiger partial charge in [0, 0.05) is 29.9 Å². The Bertz CT molecular complexity index is 1180. The Morgan fingerprint density at radius 2 is 1.47 bits per heavy atom. The van der Waals surface area contributed by atoms with E-state index in [9.17, 15) is 0 Å². The minimum absolute atomic E-state index is 0.741. The van der Waals surface area contributed by atoms with Crippen LogP contribution in [0.5, 0.6) is 5.75 Å². The van der Waals surface area contributed by atoms with E-state index < -0.39 is 0 Å². The van der Waals surface area contributed by atoms with Crippen molar-refractivity contribution in [2.24, 2.45) is 0 Å². The second-order valence-electron chi connectivity index (χ2n) is 7.90. The molecule has 0 fully saturated rings. The maximum Gasteiger partial charge on any atom is 0.159 e. The van der Waals surface area contributed by atoms with Crippen LogP contribution in [0.15, 0.2) is 60.7 Å². The van der Waals surface area contributed by atoms with Crippen molar-refractivity contribution < 1.29 is 4.74 Å². The van der Waals surface area contributed by atoms with E-state index in [4.69, 9.17) is 9.84 Å². The van der Waals surface area contributed by atoms with Gasteiger partial charge in [-0.2, -0.15) is 0 Å². The number of aromatic nitrogens is 2. The Labute approximate surface area is 178 Å². The molecule has 0 saturated carbocycles. The number of benzene rings is 3. The lowest BCUT2D eigenvalue weighted by Gasteiger charge is -2.21. The third-order valence-corrected chi connectivity index (χ3v) is 5.52. The van der Waals surface area contributed by atoms with Gasteiger partial charge >= 0.3 is 0 Å². The Hall–Kier alpha value is -3.40. The van der Waals surface area contributed by atoms with Crippen LogP contribution in [-0.2, 0) is 6.54 Å². The van der Waals surface area contributed by atoms with Crippen molar-refractivity contribution in [1.82, 2.24) is 10.2 Å². The summed E-state index contributed by atoms with van der Waals surface area (Å²) in [4.78, 5) is 2.15. The van der Waals surface area contributed by atoms with Crippen molar-refractivity contribution >= 4 is 16.6 Å². The number of hydrogen-bond acceptors (Lipinski definition) is 4. The highest BCUT2D eigenvalue weighted by Gasteiger charge is 2.17. The van der Waals surface area contributed by atoms with E-state index in [0.29, 0.717) is 0 Å². The van der Waals surface area contributed by atoms with Gasteiger partial charge in [0.2, 0.25) is 0 Å². The zero-order chi connectivity index (χ0) is 21.3. The highest BCUT2D eigenvalue weighted by molar-refractivity contribution is 6.01. The van der Waals surface area contributed by atoms with E-state index in [-0.39, 0.29) is 0 Å². The van der Waals surface area contributed by atoms with E-state index in [1.54, 1.807) is 7.11 Å². The van der Waals surface area contributed by atoms with Crippen LogP contribution in [0, 0.1) is 20.8 Å². The van der Waals surface area contributed by atoms with Crippen LogP contribution in [-0.4, -0.2) is 24.4 Å². The molecule has 0 aliphatic heterocycles. The van der Waals surface area contributed by atoms with Crippen LogP contribution >= 0.6 is 0 Å². The van der Waals surface area contributed by atoms with Crippen LogP contribution in [0.2, 0.25) is 0 Å². The first-order valence-electron chi connectivity index (χ1n) is 10.2. The predicted octanol–water partition coefficient (Wildman–Crippen LogP) is 5.87. The zero-order valence-corrected chi connectivity index (χ0v) is 18.2. The summed E-state index contributed by atoms with van der Waals surface area (Å²) in [5.41, 5.74) is 7.04. The summed E-state index contributed by atoms with van der Waals surface area (Å²) >= 11 is 0. The molecule has 0 spiro atoms. The second-order valence-corrected chi connectivity index (χ2v) is 7.90. The number of hydrogen-bond donors (Lipinski definition) is 0. The molecule has 0 aliphatic rings. The first-order chi connectivity index (χ1) is 14.5. The number of rotatable bonds is 5. The second kappa shape index (κ2) is 8.15. The molecule has 152 valence electrons. The fourth-order valence-electron chi connectivity index (χ4n) is 4.19. The van der Waals surface area contributed by atoms with Crippen molar-refractivity contribution in [1.29, 1.82) is 0 Å². The predicted molar refractivity (Wildman–Crippen MR) is 124 cm³/mol. The highest BCUT2D eigenvalue weighted by Crippen LogP contribution is 2.35. The SMILES string of the molecule is COc1ccc(CN(C)c2nnc(-c3c(C)cc(C)cc3C)c3ccccc23)cc1. The third kappa shape index (κ3) is 3.73. The summed E-state index contributed by atoms with van der Waals surface area (Å²) in [6.07, 6.45) is 0. The molecule has 0 saturated heterocycles. The van der Waals surface area contributed by atoms with E-state index in [2.05, 4.69) is 86.3 Å². The fourth-order valence-corrected chi connectivity index (χ4v) is 4.19. The van der Waals surface area contributed by atoms with Crippen molar-refractivity contribution in [3.63, 3.8) is 0 Å². The quantitative estimate of drug-likeness (QED) is 0.422. The van der Waals surface area contributed by atoms with E-state index in [1.165, 1.54) is 27.8 Å². The Kier molecular flexibility index (Phi) is 5.40. The molecular weight excluding hydrogens is 370 g/mol. The maximum atomic E-state index is 5.26. The van der Waals surface area contributed by atoms with E-state index in [0.717, 1.165) is 34.6 Å². The van der Waals surface area contributed by atoms with Gasteiger partial charge < -0.3 is 9.64 Å². The van der Waals surface area contributed by atoms with Crippen LogP contribution in [0.1, 0.15) is 22.3 Å². The van der Waals surface area contributed by atoms with Crippen molar-refractivity contribution in [2.45, 2.75) is 27.3 Å². The average Bonchev–Trinajstić information content (AvgIpc) is 2.73. The van der Waals surface area contributed by atoms with Crippen LogP contribution in [0.3, 0.4) is 0 Å². The standard InChI is InChI=1S/C26H27N3O/c1-17-14-18(2)24(19(3)15-17)25-22-8-6-7-9-23(22)26(28-27-25)29(4)16-20-10-12-21(30-5)13-11-20/h6-15H,16H2,1-5H3. The number of fused-ring (bicyclic) bond motifs is 1. The van der Waals surface area contributed by atoms with Gasteiger partial charge in [0.25, 0.3) is 0 Å². The number of aryl methyl sites for hydroxylation is 3. The minimum atomic E-state index is 0.741.